The maximum absolute atomic E-state index is 11.4. The van der Waals surface area contributed by atoms with E-state index in [0.29, 0.717) is 17.4 Å². The van der Waals surface area contributed by atoms with Gasteiger partial charge in [0.15, 0.2) is 0 Å². The van der Waals surface area contributed by atoms with Crippen molar-refractivity contribution in [1.29, 1.82) is 0 Å². The van der Waals surface area contributed by atoms with Gasteiger partial charge in [-0.1, -0.05) is 139 Å². The van der Waals surface area contributed by atoms with Crippen LogP contribution in [0.1, 0.15) is 176 Å². The van der Waals surface area contributed by atoms with Gasteiger partial charge in [-0.15, -0.1) is 0 Å². The van der Waals surface area contributed by atoms with Crippen molar-refractivity contribution in [3.63, 3.8) is 0 Å². The summed E-state index contributed by atoms with van der Waals surface area (Å²) in [4.78, 5) is 20.8. The molecule has 4 saturated carbocycles. The number of phenols is 1. The van der Waals surface area contributed by atoms with Crippen molar-refractivity contribution >= 4 is 22.8 Å². The second-order valence-electron chi connectivity index (χ2n) is 20.7. The molecule has 0 saturated heterocycles. The third-order valence-electron chi connectivity index (χ3n) is 16.4. The van der Waals surface area contributed by atoms with E-state index < -0.39 is 11.2 Å². The maximum Gasteiger partial charge on any atom is 0.335 e. The Morgan fingerprint density at radius 2 is 0.910 bits per heavy atom. The number of hydrogen-bond acceptors (Lipinski definition) is 4. The van der Waals surface area contributed by atoms with Crippen LogP contribution in [0.15, 0.2) is 110 Å². The zero-order valence-corrected chi connectivity index (χ0v) is 42.2. The van der Waals surface area contributed by atoms with Crippen LogP contribution in [0.5, 0.6) is 11.5 Å². The van der Waals surface area contributed by atoms with Crippen molar-refractivity contribution in [3.05, 3.63) is 132 Å². The molecule has 4 aliphatic rings. The Labute approximate surface area is 410 Å². The molecule has 4 aromatic carbocycles. The lowest BCUT2D eigenvalue weighted by Gasteiger charge is -2.38. The lowest BCUT2D eigenvalue weighted by Crippen LogP contribution is -2.25. The maximum atomic E-state index is 11.4. The molecule has 4 nitrogen and oxygen atoms in total. The van der Waals surface area contributed by atoms with Crippen molar-refractivity contribution in [3.8, 4) is 33.8 Å². The molecule has 4 aliphatic carbocycles. The van der Waals surface area contributed by atoms with Gasteiger partial charge in [0.25, 0.3) is 0 Å². The van der Waals surface area contributed by atoms with Gasteiger partial charge < -0.3 is 9.84 Å². The molecule has 67 heavy (non-hydrogen) atoms. The summed E-state index contributed by atoms with van der Waals surface area (Å²) in [5.41, 5.74) is 10.6. The molecule has 8 rings (SSSR count). The van der Waals surface area contributed by atoms with Gasteiger partial charge in [-0.25, -0.2) is 4.79 Å². The average Bonchev–Trinajstić information content (AvgIpc) is 3.36. The van der Waals surface area contributed by atoms with E-state index in [4.69, 9.17) is 16.3 Å². The van der Waals surface area contributed by atoms with Crippen molar-refractivity contribution in [2.75, 3.05) is 0 Å². The van der Waals surface area contributed by atoms with Gasteiger partial charge in [0.05, 0.1) is 0 Å². The monoisotopic (exact) mass is 925 g/mol. The van der Waals surface area contributed by atoms with E-state index in [9.17, 15) is 14.7 Å². The first-order valence-corrected chi connectivity index (χ1v) is 26.6. The fourth-order valence-corrected chi connectivity index (χ4v) is 12.6. The summed E-state index contributed by atoms with van der Waals surface area (Å²) in [6, 6.07) is 29.4. The number of esters is 1. The van der Waals surface area contributed by atoms with Crippen LogP contribution in [0.4, 0.5) is 0 Å². The largest absolute Gasteiger partial charge is 0.508 e. The minimum atomic E-state index is -0.509. The summed E-state index contributed by atoms with van der Waals surface area (Å²) in [5, 5.41) is 9.03. The Morgan fingerprint density at radius 1 is 0.552 bits per heavy atom. The minimum Gasteiger partial charge on any atom is -0.508 e. The summed E-state index contributed by atoms with van der Waals surface area (Å²) in [7, 11) is 0. The van der Waals surface area contributed by atoms with Crippen LogP contribution in [0.2, 0.25) is 0 Å². The lowest BCUT2D eigenvalue weighted by molar-refractivity contribution is -0.129. The van der Waals surface area contributed by atoms with Gasteiger partial charge in [0, 0.05) is 6.08 Å². The van der Waals surface area contributed by atoms with E-state index in [1.807, 2.05) is 36.4 Å². The molecule has 0 aromatic heterocycles. The summed E-state index contributed by atoms with van der Waals surface area (Å²) < 4.78 is 5.19. The highest BCUT2D eigenvalue weighted by molar-refractivity contribution is 6.66. The normalized spacial score (nSPS) is 25.0. The fourth-order valence-electron chi connectivity index (χ4n) is 12.6. The first-order valence-electron chi connectivity index (χ1n) is 26.2. The van der Waals surface area contributed by atoms with Crippen molar-refractivity contribution in [2.45, 2.75) is 168 Å². The summed E-state index contributed by atoms with van der Waals surface area (Å²) in [6.07, 6.45) is 30.9. The van der Waals surface area contributed by atoms with Crippen LogP contribution in [0.25, 0.3) is 22.3 Å². The smallest absolute Gasteiger partial charge is 0.335 e. The molecule has 4 aromatic rings. The summed E-state index contributed by atoms with van der Waals surface area (Å²) >= 11 is 4.71. The highest BCUT2D eigenvalue weighted by Gasteiger charge is 2.33. The highest BCUT2D eigenvalue weighted by atomic mass is 35.5. The topological polar surface area (TPSA) is 63.6 Å². The van der Waals surface area contributed by atoms with Gasteiger partial charge in [-0.2, -0.15) is 0 Å². The van der Waals surface area contributed by atoms with Crippen LogP contribution in [-0.2, 0) is 9.59 Å². The number of ether oxygens (including phenoxy) is 1. The van der Waals surface area contributed by atoms with Gasteiger partial charge in [0.2, 0.25) is 5.24 Å². The van der Waals surface area contributed by atoms with Crippen LogP contribution in [-0.4, -0.2) is 16.3 Å². The Balaban J connectivity index is 0.000000202. The van der Waals surface area contributed by atoms with Crippen LogP contribution in [0.3, 0.4) is 0 Å². The Hall–Kier alpha value is -4.41. The van der Waals surface area contributed by atoms with Crippen LogP contribution < -0.4 is 4.74 Å². The average molecular weight is 926 g/mol. The molecule has 0 radical (unpaired) electrons. The van der Waals surface area contributed by atoms with E-state index in [1.54, 1.807) is 12.1 Å². The van der Waals surface area contributed by atoms with E-state index in [0.717, 1.165) is 53.1 Å². The molecule has 0 spiro atoms. The molecule has 0 amide bonds. The molecular formula is C62H81ClO4. The number of rotatable bonds is 13. The van der Waals surface area contributed by atoms with Gasteiger partial charge in [-0.05, 0) is 225 Å². The number of carbonyl (C=O) groups is 2. The van der Waals surface area contributed by atoms with Crippen LogP contribution >= 0.6 is 11.6 Å². The zero-order valence-electron chi connectivity index (χ0n) is 41.5. The number of aryl methyl sites for hydroxylation is 2. The second-order valence-corrected chi connectivity index (χ2v) is 21.1. The molecule has 0 heterocycles. The van der Waals surface area contributed by atoms with Crippen LogP contribution in [0, 0.1) is 49.4 Å². The number of halogens is 1. The molecule has 0 bridgehead atoms. The van der Waals surface area contributed by atoms with Crippen molar-refractivity contribution in [1.82, 2.24) is 0 Å². The molecule has 0 unspecified atom stereocenters. The lowest BCUT2D eigenvalue weighted by atomic mass is 9.68. The second kappa shape index (κ2) is 26.4. The SMILES string of the molecule is C=CC(=O)Cl.C=CC(=O)Oc1ccc(-c2ccc(C3CCC(C4CCC(CCC)CC4)CC3)cc2C)cc1.CCCC1CCC(C2CCC(c3ccc(-c4ccc(O)cc4)c(C)c3)CC2)CC1. The first kappa shape index (κ1) is 52.0. The van der Waals surface area contributed by atoms with E-state index in [2.05, 4.69) is 77.3 Å². The van der Waals surface area contributed by atoms with E-state index in [-0.39, 0.29) is 0 Å². The van der Waals surface area contributed by atoms with Crippen molar-refractivity contribution in [2.24, 2.45) is 35.5 Å². The molecule has 5 heteroatoms. The number of hydrogen-bond donors (Lipinski definition) is 1. The quantitative estimate of drug-likeness (QED) is 0.0628. The first-order chi connectivity index (χ1) is 32.5. The zero-order chi connectivity index (χ0) is 47.7. The third kappa shape index (κ3) is 15.3. The van der Waals surface area contributed by atoms with E-state index >= 15 is 0 Å². The number of allylic oxidation sites excluding steroid dienone is 1. The Morgan fingerprint density at radius 3 is 1.24 bits per heavy atom. The number of phenolic OH excluding ortho intramolecular Hbond substituents is 1. The third-order valence-corrected chi connectivity index (χ3v) is 16.5. The predicted octanol–water partition coefficient (Wildman–Crippen LogP) is 17.8. The minimum absolute atomic E-state index is 0.332. The van der Waals surface area contributed by atoms with E-state index in [1.165, 1.54) is 173 Å². The van der Waals surface area contributed by atoms with Gasteiger partial charge in [0.1, 0.15) is 11.5 Å². The number of benzene rings is 4. The Bertz CT molecular complexity index is 2160. The molecule has 0 aliphatic heterocycles. The molecule has 0 atom stereocenters. The number of carbonyl (C=O) groups excluding carboxylic acids is 2. The standard InChI is InChI=1S/C31H40O2.C28H38O.C3H3ClO/c1-4-6-23-7-9-24(10-8-23)25-11-13-26(14-12-25)28-17-20-30(22(3)21-28)27-15-18-29(19-16-27)33-31(32)5-2;1-3-4-21-5-7-22(8-6-21)23-9-11-24(12-10-23)26-15-18-28(20(2)19-26)25-13-16-27(29)17-14-25;1-2-3(4)5/h5,15-21,23-26H,2,4,6-14H2,1,3H3;13-19,21-24,29H,3-12H2,1-2H3;2H,1H2. The molecule has 360 valence electrons. The molecular weight excluding hydrogens is 844 g/mol. The molecule has 4 fully saturated rings. The summed E-state index contributed by atoms with van der Waals surface area (Å²) in [6.45, 7) is 15.6. The van der Waals surface area contributed by atoms with Crippen molar-refractivity contribution < 1.29 is 19.4 Å². The van der Waals surface area contributed by atoms with Gasteiger partial charge in [-0.3, -0.25) is 4.79 Å². The Kier molecular flexibility index (Phi) is 20.5. The summed E-state index contributed by atoms with van der Waals surface area (Å²) in [5.74, 6) is 7.93. The van der Waals surface area contributed by atoms with Gasteiger partial charge >= 0.3 is 5.97 Å². The highest BCUT2D eigenvalue weighted by Crippen LogP contribution is 2.47. The fraction of sp³-hybridized carbons (Fsp3) is 0.516. The number of aromatic hydroxyl groups is 1. The predicted molar refractivity (Wildman–Crippen MR) is 282 cm³/mol. The molecule has 1 N–H and O–H groups in total.